The molecule has 2 aromatic heterocycles. The maximum Gasteiger partial charge on any atom is 0.416 e. The molecule has 0 bridgehead atoms. The van der Waals surface area contributed by atoms with E-state index in [-0.39, 0.29) is 35.7 Å². The Labute approximate surface area is 198 Å². The van der Waals surface area contributed by atoms with Crippen molar-refractivity contribution in [3.05, 3.63) is 82.8 Å². The van der Waals surface area contributed by atoms with Crippen LogP contribution in [0.4, 0.5) is 23.4 Å². The Morgan fingerprint density at radius 3 is 2.63 bits per heavy atom. The van der Waals surface area contributed by atoms with Crippen LogP contribution < -0.4 is 4.90 Å². The number of benzene rings is 1. The third-order valence-electron chi connectivity index (χ3n) is 5.27. The predicted octanol–water partition coefficient (Wildman–Crippen LogP) is 3.91. The van der Waals surface area contributed by atoms with Crippen LogP contribution in [0.15, 0.2) is 53.8 Å². The number of anilines is 1. The number of carbonyl (C=O) groups is 1. The van der Waals surface area contributed by atoms with Gasteiger partial charge in [-0.15, -0.1) is 0 Å². The number of rotatable bonds is 7. The van der Waals surface area contributed by atoms with Crippen LogP contribution in [0.5, 0.6) is 0 Å². The summed E-state index contributed by atoms with van der Waals surface area (Å²) in [7, 11) is 0. The maximum absolute atomic E-state index is 14.1. The van der Waals surface area contributed by atoms with Crippen molar-refractivity contribution in [2.45, 2.75) is 19.1 Å². The number of morpholine rings is 1. The van der Waals surface area contributed by atoms with E-state index in [4.69, 9.17) is 4.74 Å². The van der Waals surface area contributed by atoms with Crippen molar-refractivity contribution in [3.63, 3.8) is 0 Å². The van der Waals surface area contributed by atoms with Gasteiger partial charge >= 0.3 is 6.18 Å². The average Bonchev–Trinajstić information content (AvgIpc) is 2.85. The fraction of sp³-hybridized carbons (Fsp3) is 0.292. The van der Waals surface area contributed by atoms with Gasteiger partial charge in [0.25, 0.3) is 0 Å². The molecule has 0 unspecified atom stereocenters. The molecule has 3 aromatic rings. The number of aliphatic imine (C=N–C) groups is 1. The summed E-state index contributed by atoms with van der Waals surface area (Å²) in [5.74, 6) is -0.297. The van der Waals surface area contributed by atoms with Crippen LogP contribution in [-0.2, 0) is 23.9 Å². The predicted molar refractivity (Wildman–Crippen MR) is 120 cm³/mol. The molecule has 3 heterocycles. The molecule has 0 atom stereocenters. The van der Waals surface area contributed by atoms with Gasteiger partial charge in [-0.25, -0.2) is 14.4 Å². The minimum Gasteiger partial charge on any atom is -0.378 e. The lowest BCUT2D eigenvalue weighted by atomic mass is 10.0. The van der Waals surface area contributed by atoms with Crippen LogP contribution in [0.1, 0.15) is 33.0 Å². The summed E-state index contributed by atoms with van der Waals surface area (Å²) < 4.78 is 58.0. The Hall–Kier alpha value is -3.73. The van der Waals surface area contributed by atoms with Crippen molar-refractivity contribution in [1.82, 2.24) is 15.0 Å². The number of halogens is 4. The first-order chi connectivity index (χ1) is 16.8. The summed E-state index contributed by atoms with van der Waals surface area (Å²) in [4.78, 5) is 30.9. The lowest BCUT2D eigenvalue weighted by Crippen LogP contribution is -2.37. The second-order valence-electron chi connectivity index (χ2n) is 7.80. The number of ketones is 1. The number of carbonyl (C=O) groups excluding carboxylic acids is 1. The van der Waals surface area contributed by atoms with Gasteiger partial charge < -0.3 is 9.64 Å². The van der Waals surface area contributed by atoms with E-state index in [0.717, 1.165) is 18.3 Å². The molecule has 4 rings (SSSR count). The molecule has 182 valence electrons. The van der Waals surface area contributed by atoms with Crippen molar-refractivity contribution < 1.29 is 27.1 Å². The highest BCUT2D eigenvalue weighted by atomic mass is 19.4. The molecule has 1 aliphatic heterocycles. The third kappa shape index (κ3) is 6.44. The number of hydrogen-bond donors (Lipinski definition) is 0. The monoisotopic (exact) mass is 487 g/mol. The number of ether oxygens (including phenoxy) is 1. The molecule has 35 heavy (non-hydrogen) atoms. The lowest BCUT2D eigenvalue weighted by molar-refractivity contribution is -0.137. The second-order valence-corrected chi connectivity index (χ2v) is 7.80. The van der Waals surface area contributed by atoms with E-state index < -0.39 is 17.6 Å². The summed E-state index contributed by atoms with van der Waals surface area (Å²) >= 11 is 0. The van der Waals surface area contributed by atoms with Gasteiger partial charge in [-0.1, -0.05) is 18.2 Å². The molecule has 1 fully saturated rings. The van der Waals surface area contributed by atoms with Crippen molar-refractivity contribution in [2.75, 3.05) is 31.2 Å². The van der Waals surface area contributed by atoms with Crippen LogP contribution in [0.25, 0.3) is 0 Å². The first-order valence-corrected chi connectivity index (χ1v) is 10.8. The zero-order valence-corrected chi connectivity index (χ0v) is 18.5. The average molecular weight is 487 g/mol. The number of hydrogen-bond acceptors (Lipinski definition) is 7. The highest BCUT2D eigenvalue weighted by molar-refractivity contribution is 5.97. The summed E-state index contributed by atoms with van der Waals surface area (Å²) in [6.07, 6.45) is -0.701. The summed E-state index contributed by atoms with van der Waals surface area (Å²) in [5.41, 5.74) is 0.216. The SMILES string of the molecule is O=C(Cc1cccc(C(F)(F)F)c1)c1ccc(C=NCc2ncc(F)c(N3CCOCC3)n2)nc1. The van der Waals surface area contributed by atoms with Gasteiger partial charge in [-0.05, 0) is 23.8 Å². The fourth-order valence-electron chi connectivity index (χ4n) is 3.48. The standard InChI is InChI=1S/C24H21F4N5O2/c25-20-14-31-22(32-23(20)33-6-8-35-9-7-33)15-29-13-19-5-4-17(12-30-19)21(34)11-16-2-1-3-18(10-16)24(26,27)28/h1-5,10,12-14H,6-9,11,15H2. The zero-order valence-electron chi connectivity index (χ0n) is 18.5. The van der Waals surface area contributed by atoms with Gasteiger partial charge in [0.1, 0.15) is 0 Å². The minimum atomic E-state index is -4.47. The normalized spacial score (nSPS) is 14.5. The van der Waals surface area contributed by atoms with E-state index in [0.29, 0.717) is 37.8 Å². The molecule has 0 spiro atoms. The van der Waals surface area contributed by atoms with E-state index in [1.54, 1.807) is 11.0 Å². The van der Waals surface area contributed by atoms with Crippen LogP contribution in [-0.4, -0.2) is 53.3 Å². The second kappa shape index (κ2) is 10.7. The first kappa shape index (κ1) is 24.4. The molecule has 7 nitrogen and oxygen atoms in total. The largest absolute Gasteiger partial charge is 0.416 e. The molecule has 0 N–H and O–H groups in total. The van der Waals surface area contributed by atoms with Gasteiger partial charge in [0.05, 0.1) is 37.2 Å². The van der Waals surface area contributed by atoms with Crippen LogP contribution in [0.3, 0.4) is 0 Å². The summed E-state index contributed by atoms with van der Waals surface area (Å²) in [5, 5.41) is 0. The molecule has 0 amide bonds. The van der Waals surface area contributed by atoms with Crippen LogP contribution >= 0.6 is 0 Å². The fourth-order valence-corrected chi connectivity index (χ4v) is 3.48. The highest BCUT2D eigenvalue weighted by Crippen LogP contribution is 2.29. The lowest BCUT2D eigenvalue weighted by Gasteiger charge is -2.28. The van der Waals surface area contributed by atoms with Gasteiger partial charge in [0.15, 0.2) is 23.2 Å². The molecule has 0 radical (unpaired) electrons. The molecule has 0 aliphatic carbocycles. The number of nitrogens with zero attached hydrogens (tertiary/aromatic N) is 5. The van der Waals surface area contributed by atoms with Gasteiger partial charge in [0.2, 0.25) is 0 Å². The Morgan fingerprint density at radius 1 is 1.11 bits per heavy atom. The van der Waals surface area contributed by atoms with Gasteiger partial charge in [-0.3, -0.25) is 14.8 Å². The maximum atomic E-state index is 14.1. The Kier molecular flexibility index (Phi) is 7.45. The van der Waals surface area contributed by atoms with Crippen molar-refractivity contribution in [2.24, 2.45) is 4.99 Å². The molecule has 1 aliphatic rings. The Morgan fingerprint density at radius 2 is 1.91 bits per heavy atom. The van der Waals surface area contributed by atoms with Crippen molar-refractivity contribution >= 4 is 17.8 Å². The molecular weight excluding hydrogens is 466 g/mol. The third-order valence-corrected chi connectivity index (χ3v) is 5.27. The quantitative estimate of drug-likeness (QED) is 0.286. The van der Waals surface area contributed by atoms with E-state index in [1.165, 1.54) is 30.6 Å². The number of aromatic nitrogens is 3. The van der Waals surface area contributed by atoms with Gasteiger partial charge in [-0.2, -0.15) is 13.2 Å². The number of Topliss-reactive ketones (excluding diaryl/α,β-unsaturated/α-hetero) is 1. The molecule has 11 heteroatoms. The Balaban J connectivity index is 1.36. The smallest absolute Gasteiger partial charge is 0.378 e. The topological polar surface area (TPSA) is 80.6 Å². The minimum absolute atomic E-state index is 0.107. The van der Waals surface area contributed by atoms with E-state index >= 15 is 0 Å². The van der Waals surface area contributed by atoms with E-state index in [1.807, 2.05) is 0 Å². The van der Waals surface area contributed by atoms with Crippen molar-refractivity contribution in [3.8, 4) is 0 Å². The first-order valence-electron chi connectivity index (χ1n) is 10.8. The Bertz CT molecular complexity index is 1210. The van der Waals surface area contributed by atoms with E-state index in [2.05, 4.69) is 19.9 Å². The number of pyridine rings is 1. The van der Waals surface area contributed by atoms with Crippen molar-refractivity contribution in [1.29, 1.82) is 0 Å². The molecule has 1 saturated heterocycles. The summed E-state index contributed by atoms with van der Waals surface area (Å²) in [6, 6.07) is 7.79. The number of alkyl halides is 3. The molecule has 1 aromatic carbocycles. The van der Waals surface area contributed by atoms with E-state index in [9.17, 15) is 22.4 Å². The molecular formula is C24H21F4N5O2. The highest BCUT2D eigenvalue weighted by Gasteiger charge is 2.30. The zero-order chi connectivity index (χ0) is 24.8. The van der Waals surface area contributed by atoms with Gasteiger partial charge in [0, 0.05) is 37.5 Å². The summed E-state index contributed by atoms with van der Waals surface area (Å²) in [6.45, 7) is 2.19. The van der Waals surface area contributed by atoms with Crippen LogP contribution in [0.2, 0.25) is 0 Å². The molecule has 0 saturated carbocycles. The van der Waals surface area contributed by atoms with Crippen LogP contribution in [0, 0.1) is 5.82 Å².